The van der Waals surface area contributed by atoms with Gasteiger partial charge in [-0.25, -0.2) is 13.2 Å². The first-order valence-electron chi connectivity index (χ1n) is 11.1. The molecule has 6 heteroatoms. The normalized spacial score (nSPS) is 24.0. The first kappa shape index (κ1) is 23.3. The number of nitrogens with zero attached hydrogens (tertiary/aromatic N) is 1. The van der Waals surface area contributed by atoms with Crippen molar-refractivity contribution in [3.05, 3.63) is 60.2 Å². The second-order valence-corrected chi connectivity index (χ2v) is 11.0. The highest BCUT2D eigenvalue weighted by Gasteiger charge is 2.43. The number of benzene rings is 2. The highest BCUT2D eigenvalue weighted by atomic mass is 32.2. The van der Waals surface area contributed by atoms with Crippen LogP contribution in [0.3, 0.4) is 0 Å². The van der Waals surface area contributed by atoms with Gasteiger partial charge in [-0.05, 0) is 67.1 Å². The van der Waals surface area contributed by atoms with Gasteiger partial charge in [0, 0.05) is 12.8 Å². The molecular formula is C25H34N2O3S. The van der Waals surface area contributed by atoms with Crippen molar-refractivity contribution in [2.75, 3.05) is 17.7 Å². The molecule has 1 aliphatic carbocycles. The fourth-order valence-corrected chi connectivity index (χ4v) is 6.02. The van der Waals surface area contributed by atoms with Gasteiger partial charge in [0.05, 0.1) is 10.6 Å². The summed E-state index contributed by atoms with van der Waals surface area (Å²) in [6, 6.07) is 16.7. The van der Waals surface area contributed by atoms with E-state index in [1.54, 1.807) is 18.2 Å². The largest absolute Gasteiger partial charge is 0.351 e. The lowest BCUT2D eigenvalue weighted by Crippen LogP contribution is -2.47. The number of rotatable bonds is 7. The minimum Gasteiger partial charge on any atom is -0.351 e. The van der Waals surface area contributed by atoms with E-state index in [-0.39, 0.29) is 15.7 Å². The van der Waals surface area contributed by atoms with Crippen LogP contribution in [0.5, 0.6) is 0 Å². The lowest BCUT2D eigenvalue weighted by Gasteiger charge is -2.48. The van der Waals surface area contributed by atoms with Gasteiger partial charge in [-0.15, -0.1) is 0 Å². The fraction of sp³-hybridized carbons (Fsp3) is 0.480. The summed E-state index contributed by atoms with van der Waals surface area (Å²) in [7, 11) is -3.49. The van der Waals surface area contributed by atoms with Crippen molar-refractivity contribution in [2.45, 2.75) is 62.7 Å². The van der Waals surface area contributed by atoms with Crippen LogP contribution in [-0.4, -0.2) is 27.2 Å². The van der Waals surface area contributed by atoms with Crippen LogP contribution in [0.2, 0.25) is 0 Å². The number of urea groups is 1. The van der Waals surface area contributed by atoms with Gasteiger partial charge < -0.3 is 5.73 Å². The maximum atomic E-state index is 12.5. The van der Waals surface area contributed by atoms with Crippen LogP contribution < -0.4 is 10.6 Å². The minimum absolute atomic E-state index is 0.0902. The molecule has 0 spiro atoms. The zero-order chi connectivity index (χ0) is 22.7. The molecule has 0 radical (unpaired) electrons. The maximum Gasteiger partial charge on any atom is 0.319 e. The second-order valence-electron chi connectivity index (χ2n) is 9.02. The number of sulfone groups is 1. The van der Waals surface area contributed by atoms with E-state index >= 15 is 0 Å². The molecule has 3 rings (SSSR count). The molecule has 1 saturated carbocycles. The van der Waals surface area contributed by atoms with Gasteiger partial charge in [0.25, 0.3) is 0 Å². The molecule has 0 atom stereocenters. The highest BCUT2D eigenvalue weighted by molar-refractivity contribution is 7.90. The van der Waals surface area contributed by atoms with E-state index < -0.39 is 15.9 Å². The summed E-state index contributed by atoms with van der Waals surface area (Å²) in [5, 5.41) is 0. The zero-order valence-electron chi connectivity index (χ0n) is 18.8. The van der Waals surface area contributed by atoms with Gasteiger partial charge >= 0.3 is 6.03 Å². The van der Waals surface area contributed by atoms with Gasteiger partial charge in [-0.1, -0.05) is 56.3 Å². The van der Waals surface area contributed by atoms with Crippen molar-refractivity contribution < 1.29 is 13.2 Å². The summed E-state index contributed by atoms with van der Waals surface area (Å²) in [5.41, 5.74) is 7.60. The van der Waals surface area contributed by atoms with Crippen molar-refractivity contribution in [1.82, 2.24) is 0 Å². The summed E-state index contributed by atoms with van der Waals surface area (Å²) in [4.78, 5) is 14.1. The Morgan fingerprint density at radius 1 is 0.935 bits per heavy atom. The highest BCUT2D eigenvalue weighted by Crippen LogP contribution is 2.51. The Labute approximate surface area is 186 Å². The molecule has 0 aromatic heterocycles. The van der Waals surface area contributed by atoms with E-state index in [0.717, 1.165) is 44.8 Å². The Kier molecular flexibility index (Phi) is 6.79. The SMILES string of the molecule is CC[C@]1(CN(C(N)=O)c2ccccc2S(C)(=O)=O)CC[C@@](CC)(c2ccccc2)CC1. The summed E-state index contributed by atoms with van der Waals surface area (Å²) in [6.45, 7) is 4.84. The lowest BCUT2D eigenvalue weighted by atomic mass is 9.59. The molecule has 0 heterocycles. The molecule has 0 unspecified atom stereocenters. The van der Waals surface area contributed by atoms with Crippen molar-refractivity contribution in [2.24, 2.45) is 11.1 Å². The summed E-state index contributed by atoms with van der Waals surface area (Å²) >= 11 is 0. The summed E-state index contributed by atoms with van der Waals surface area (Å²) in [5.74, 6) is 0. The quantitative estimate of drug-likeness (QED) is 0.632. The summed E-state index contributed by atoms with van der Waals surface area (Å²) < 4.78 is 24.6. The number of carbonyl (C=O) groups excluding carboxylic acids is 1. The molecule has 2 aromatic carbocycles. The van der Waals surface area contributed by atoms with Crippen LogP contribution in [0.15, 0.2) is 59.5 Å². The van der Waals surface area contributed by atoms with Gasteiger partial charge in [0.15, 0.2) is 9.84 Å². The first-order valence-corrected chi connectivity index (χ1v) is 13.0. The first-order chi connectivity index (χ1) is 14.7. The van der Waals surface area contributed by atoms with E-state index in [9.17, 15) is 13.2 Å². The van der Waals surface area contributed by atoms with E-state index in [1.807, 2.05) is 0 Å². The lowest BCUT2D eigenvalue weighted by molar-refractivity contribution is 0.123. The minimum atomic E-state index is -3.49. The van der Waals surface area contributed by atoms with Crippen LogP contribution in [-0.2, 0) is 15.3 Å². The smallest absolute Gasteiger partial charge is 0.319 e. The monoisotopic (exact) mass is 442 g/mol. The van der Waals surface area contributed by atoms with E-state index in [2.05, 4.69) is 44.2 Å². The van der Waals surface area contributed by atoms with Crippen molar-refractivity contribution >= 4 is 21.6 Å². The standard InChI is InChI=1S/C25H34N2O3S/c1-4-24(15-17-25(5-2,18-16-24)20-11-7-6-8-12-20)19-27(23(26)28)21-13-9-10-14-22(21)31(3,29)30/h6-14H,4-5,15-19H2,1-3H3,(H2,26,28)/t24-,25+. The number of hydrogen-bond acceptors (Lipinski definition) is 3. The van der Waals surface area contributed by atoms with Gasteiger partial charge in [0.1, 0.15) is 0 Å². The van der Waals surface area contributed by atoms with Gasteiger partial charge in [-0.3, -0.25) is 4.90 Å². The Hall–Kier alpha value is -2.34. The molecule has 1 fully saturated rings. The van der Waals surface area contributed by atoms with E-state index in [0.29, 0.717) is 12.2 Å². The van der Waals surface area contributed by atoms with E-state index in [4.69, 9.17) is 5.73 Å². The number of amides is 2. The van der Waals surface area contributed by atoms with Crippen molar-refractivity contribution in [1.29, 1.82) is 0 Å². The van der Waals surface area contributed by atoms with Crippen LogP contribution in [0, 0.1) is 5.41 Å². The van der Waals surface area contributed by atoms with Crippen molar-refractivity contribution in [3.8, 4) is 0 Å². The third kappa shape index (κ3) is 4.79. The Morgan fingerprint density at radius 2 is 1.52 bits per heavy atom. The molecule has 2 N–H and O–H groups in total. The Morgan fingerprint density at radius 3 is 2.03 bits per heavy atom. The molecule has 31 heavy (non-hydrogen) atoms. The molecule has 0 bridgehead atoms. The predicted octanol–water partition coefficient (Wildman–Crippen LogP) is 5.29. The Balaban J connectivity index is 1.90. The average molecular weight is 443 g/mol. The zero-order valence-corrected chi connectivity index (χ0v) is 19.6. The third-order valence-electron chi connectivity index (χ3n) is 7.40. The maximum absolute atomic E-state index is 12.5. The molecule has 2 aromatic rings. The molecular weight excluding hydrogens is 408 g/mol. The third-order valence-corrected chi connectivity index (χ3v) is 8.54. The average Bonchev–Trinajstić information content (AvgIpc) is 2.78. The number of para-hydroxylation sites is 1. The van der Waals surface area contributed by atoms with E-state index in [1.165, 1.54) is 16.5 Å². The molecule has 0 aliphatic heterocycles. The Bertz CT molecular complexity index is 1010. The summed E-state index contributed by atoms with van der Waals surface area (Å²) in [6.07, 6.45) is 7.17. The number of carbonyl (C=O) groups is 1. The second kappa shape index (κ2) is 9.03. The molecule has 1 aliphatic rings. The topological polar surface area (TPSA) is 80.5 Å². The van der Waals surface area contributed by atoms with Crippen LogP contribution >= 0.6 is 0 Å². The van der Waals surface area contributed by atoms with Crippen LogP contribution in [0.4, 0.5) is 10.5 Å². The molecule has 5 nitrogen and oxygen atoms in total. The molecule has 2 amide bonds. The van der Waals surface area contributed by atoms with Crippen LogP contribution in [0.25, 0.3) is 0 Å². The van der Waals surface area contributed by atoms with Gasteiger partial charge in [-0.2, -0.15) is 0 Å². The van der Waals surface area contributed by atoms with Gasteiger partial charge in [0.2, 0.25) is 0 Å². The molecule has 0 saturated heterocycles. The van der Waals surface area contributed by atoms with Crippen molar-refractivity contribution in [3.63, 3.8) is 0 Å². The molecule has 168 valence electrons. The number of nitrogens with two attached hydrogens (primary N) is 1. The fourth-order valence-electron chi connectivity index (χ4n) is 5.13. The predicted molar refractivity (Wildman–Crippen MR) is 126 cm³/mol. The number of hydrogen-bond donors (Lipinski definition) is 1. The van der Waals surface area contributed by atoms with Crippen LogP contribution in [0.1, 0.15) is 57.9 Å². The number of primary amides is 1. The number of anilines is 1.